The summed E-state index contributed by atoms with van der Waals surface area (Å²) >= 11 is 0. The quantitative estimate of drug-likeness (QED) is 0.792. The van der Waals surface area contributed by atoms with Gasteiger partial charge < -0.3 is 10.4 Å². The van der Waals surface area contributed by atoms with Crippen molar-refractivity contribution >= 4 is 5.69 Å². The van der Waals surface area contributed by atoms with E-state index in [4.69, 9.17) is 0 Å². The molecule has 1 aromatic heterocycles. The third-order valence-electron chi connectivity index (χ3n) is 3.74. The summed E-state index contributed by atoms with van der Waals surface area (Å²) in [5, 5.41) is 20.0. The van der Waals surface area contributed by atoms with Crippen LogP contribution in [-0.2, 0) is 0 Å². The van der Waals surface area contributed by atoms with Gasteiger partial charge in [0, 0.05) is 23.5 Å². The van der Waals surface area contributed by atoms with Crippen molar-refractivity contribution in [3.63, 3.8) is 0 Å². The third kappa shape index (κ3) is 2.96. The second kappa shape index (κ2) is 5.45. The molecule has 0 unspecified atom stereocenters. The van der Waals surface area contributed by atoms with Crippen molar-refractivity contribution in [2.75, 3.05) is 5.32 Å². The lowest BCUT2D eigenvalue weighted by Gasteiger charge is -2.27. The summed E-state index contributed by atoms with van der Waals surface area (Å²) in [6.07, 6.45) is 5.54. The predicted octanol–water partition coefficient (Wildman–Crippen LogP) is 2.79. The number of rotatable bonds is 3. The minimum Gasteiger partial charge on any atom is -0.393 e. The van der Waals surface area contributed by atoms with E-state index < -0.39 is 0 Å². The van der Waals surface area contributed by atoms with E-state index >= 15 is 0 Å². The summed E-state index contributed by atoms with van der Waals surface area (Å²) in [4.78, 5) is 0. The Labute approximate surface area is 112 Å². The van der Waals surface area contributed by atoms with Gasteiger partial charge in [-0.15, -0.1) is 0 Å². The number of aromatic nitrogens is 2. The lowest BCUT2D eigenvalue weighted by atomic mass is 9.93. The molecule has 1 aliphatic rings. The maximum atomic E-state index is 9.52. The van der Waals surface area contributed by atoms with Crippen LogP contribution >= 0.6 is 0 Å². The fraction of sp³-hybridized carbons (Fsp3) is 0.400. The average molecular weight is 257 g/mol. The number of aliphatic hydroxyl groups is 1. The largest absolute Gasteiger partial charge is 0.393 e. The van der Waals surface area contributed by atoms with Crippen LogP contribution < -0.4 is 5.32 Å². The second-order valence-corrected chi connectivity index (χ2v) is 5.20. The minimum atomic E-state index is -0.102. The van der Waals surface area contributed by atoms with Crippen molar-refractivity contribution < 1.29 is 5.11 Å². The number of nitrogens with one attached hydrogen (secondary N) is 2. The Hall–Kier alpha value is -1.81. The van der Waals surface area contributed by atoms with Crippen LogP contribution in [0.1, 0.15) is 25.7 Å². The average Bonchev–Trinajstić information content (AvgIpc) is 2.96. The van der Waals surface area contributed by atoms with Gasteiger partial charge in [-0.2, -0.15) is 5.10 Å². The molecule has 0 aliphatic heterocycles. The lowest BCUT2D eigenvalue weighted by Crippen LogP contribution is -2.28. The smallest absolute Gasteiger partial charge is 0.0650 e. The zero-order chi connectivity index (χ0) is 13.1. The standard InChI is InChI=1S/C15H19N3O/c19-14-6-4-12(5-7-14)17-13-3-1-2-11(10-13)15-8-9-16-18-15/h1-3,8-10,12,14,17,19H,4-7H2,(H,16,18). The van der Waals surface area contributed by atoms with E-state index in [1.807, 2.05) is 6.07 Å². The molecule has 1 aliphatic carbocycles. The normalized spacial score (nSPS) is 23.2. The summed E-state index contributed by atoms with van der Waals surface area (Å²) in [5.41, 5.74) is 3.30. The first kappa shape index (κ1) is 12.2. The molecule has 4 nitrogen and oxygen atoms in total. The highest BCUT2D eigenvalue weighted by Crippen LogP contribution is 2.25. The van der Waals surface area contributed by atoms with Gasteiger partial charge in [-0.05, 0) is 43.9 Å². The number of benzene rings is 1. The summed E-state index contributed by atoms with van der Waals surface area (Å²) < 4.78 is 0. The fourth-order valence-electron chi connectivity index (χ4n) is 2.65. The van der Waals surface area contributed by atoms with Gasteiger partial charge in [0.15, 0.2) is 0 Å². The Bertz CT molecular complexity index is 516. The first-order valence-corrected chi connectivity index (χ1v) is 6.86. The van der Waals surface area contributed by atoms with Crippen LogP contribution in [0.25, 0.3) is 11.3 Å². The van der Waals surface area contributed by atoms with Crippen LogP contribution in [0.5, 0.6) is 0 Å². The van der Waals surface area contributed by atoms with E-state index in [0.29, 0.717) is 6.04 Å². The molecule has 3 N–H and O–H groups in total. The highest BCUT2D eigenvalue weighted by molar-refractivity contribution is 5.64. The second-order valence-electron chi connectivity index (χ2n) is 5.20. The van der Waals surface area contributed by atoms with Crippen LogP contribution in [-0.4, -0.2) is 27.4 Å². The van der Waals surface area contributed by atoms with E-state index in [1.165, 1.54) is 0 Å². The maximum Gasteiger partial charge on any atom is 0.0650 e. The van der Waals surface area contributed by atoms with Crippen molar-refractivity contribution in [1.29, 1.82) is 0 Å². The van der Waals surface area contributed by atoms with E-state index in [1.54, 1.807) is 6.20 Å². The molecular weight excluding hydrogens is 238 g/mol. The Morgan fingerprint density at radius 1 is 1.16 bits per heavy atom. The molecule has 1 aromatic carbocycles. The van der Waals surface area contributed by atoms with Gasteiger partial charge in [0.05, 0.1) is 11.8 Å². The first-order chi connectivity index (χ1) is 9.31. The zero-order valence-corrected chi connectivity index (χ0v) is 10.8. The minimum absolute atomic E-state index is 0.102. The van der Waals surface area contributed by atoms with Crippen LogP contribution in [0.2, 0.25) is 0 Å². The maximum absolute atomic E-state index is 9.52. The third-order valence-corrected chi connectivity index (χ3v) is 3.74. The highest BCUT2D eigenvalue weighted by Gasteiger charge is 2.19. The summed E-state index contributed by atoms with van der Waals surface area (Å²) in [6, 6.07) is 10.8. The lowest BCUT2D eigenvalue weighted by molar-refractivity contribution is 0.126. The summed E-state index contributed by atoms with van der Waals surface area (Å²) in [6.45, 7) is 0. The van der Waals surface area contributed by atoms with Crippen molar-refractivity contribution in [3.8, 4) is 11.3 Å². The molecule has 100 valence electrons. The number of hydrogen-bond acceptors (Lipinski definition) is 3. The number of anilines is 1. The van der Waals surface area contributed by atoms with Crippen LogP contribution in [0.3, 0.4) is 0 Å². The number of nitrogens with zero attached hydrogens (tertiary/aromatic N) is 1. The molecule has 1 heterocycles. The molecule has 3 rings (SSSR count). The topological polar surface area (TPSA) is 60.9 Å². The molecule has 1 fully saturated rings. The molecule has 1 saturated carbocycles. The Morgan fingerprint density at radius 2 is 2.00 bits per heavy atom. The molecule has 0 atom stereocenters. The first-order valence-electron chi connectivity index (χ1n) is 6.86. The van der Waals surface area contributed by atoms with Crippen molar-refractivity contribution in [3.05, 3.63) is 36.5 Å². The number of aromatic amines is 1. The van der Waals surface area contributed by atoms with E-state index in [2.05, 4.69) is 39.8 Å². The molecule has 0 spiro atoms. The van der Waals surface area contributed by atoms with Crippen molar-refractivity contribution in [2.45, 2.75) is 37.8 Å². The van der Waals surface area contributed by atoms with Crippen LogP contribution in [0, 0.1) is 0 Å². The molecule has 0 saturated heterocycles. The molecular formula is C15H19N3O. The van der Waals surface area contributed by atoms with Gasteiger partial charge in [0.2, 0.25) is 0 Å². The van der Waals surface area contributed by atoms with Gasteiger partial charge in [-0.25, -0.2) is 0 Å². The Balaban J connectivity index is 1.70. The number of hydrogen-bond donors (Lipinski definition) is 3. The van der Waals surface area contributed by atoms with Gasteiger partial charge >= 0.3 is 0 Å². The number of aliphatic hydroxyl groups excluding tert-OH is 1. The molecule has 0 bridgehead atoms. The van der Waals surface area contributed by atoms with E-state index in [9.17, 15) is 5.11 Å². The summed E-state index contributed by atoms with van der Waals surface area (Å²) in [5.74, 6) is 0. The molecule has 0 amide bonds. The zero-order valence-electron chi connectivity index (χ0n) is 10.8. The van der Waals surface area contributed by atoms with Gasteiger partial charge in [-0.3, -0.25) is 5.10 Å². The monoisotopic (exact) mass is 257 g/mol. The molecule has 19 heavy (non-hydrogen) atoms. The van der Waals surface area contributed by atoms with Crippen molar-refractivity contribution in [2.24, 2.45) is 0 Å². The van der Waals surface area contributed by atoms with Crippen LogP contribution in [0.4, 0.5) is 5.69 Å². The molecule has 4 heteroatoms. The highest BCUT2D eigenvalue weighted by atomic mass is 16.3. The Kier molecular flexibility index (Phi) is 3.51. The van der Waals surface area contributed by atoms with Gasteiger partial charge in [-0.1, -0.05) is 12.1 Å². The van der Waals surface area contributed by atoms with Gasteiger partial charge in [0.25, 0.3) is 0 Å². The van der Waals surface area contributed by atoms with E-state index in [0.717, 1.165) is 42.6 Å². The van der Waals surface area contributed by atoms with Gasteiger partial charge in [0.1, 0.15) is 0 Å². The predicted molar refractivity (Wildman–Crippen MR) is 75.9 cm³/mol. The van der Waals surface area contributed by atoms with E-state index in [-0.39, 0.29) is 6.10 Å². The summed E-state index contributed by atoms with van der Waals surface area (Å²) in [7, 11) is 0. The fourth-order valence-corrected chi connectivity index (χ4v) is 2.65. The Morgan fingerprint density at radius 3 is 2.74 bits per heavy atom. The number of H-pyrrole nitrogens is 1. The molecule has 2 aromatic rings. The molecule has 0 radical (unpaired) electrons. The van der Waals surface area contributed by atoms with Crippen molar-refractivity contribution in [1.82, 2.24) is 10.2 Å². The van der Waals surface area contributed by atoms with Crippen LogP contribution in [0.15, 0.2) is 36.5 Å². The SMILES string of the molecule is OC1CCC(Nc2cccc(-c3ccn[nH]3)c2)CC1.